The van der Waals surface area contributed by atoms with Crippen LogP contribution in [-0.4, -0.2) is 65.3 Å². The van der Waals surface area contributed by atoms with E-state index in [4.69, 9.17) is 14.2 Å². The van der Waals surface area contributed by atoms with E-state index in [0.29, 0.717) is 12.8 Å². The lowest BCUT2D eigenvalue weighted by Crippen LogP contribution is -2.71. The number of ether oxygens (including phenoxy) is 3. The molecule has 0 radical (unpaired) electrons. The fourth-order valence-electron chi connectivity index (χ4n) is 8.24. The minimum absolute atomic E-state index is 0.0433. The van der Waals surface area contributed by atoms with Gasteiger partial charge in [-0.25, -0.2) is 8.78 Å². The molecule has 10 atom stereocenters. The van der Waals surface area contributed by atoms with E-state index in [1.54, 1.807) is 6.92 Å². The molecule has 6 nitrogen and oxygen atoms in total. The van der Waals surface area contributed by atoms with Gasteiger partial charge in [-0.15, -0.1) is 0 Å². The molecule has 0 bridgehead atoms. The van der Waals surface area contributed by atoms with E-state index >= 15 is 8.78 Å². The van der Waals surface area contributed by atoms with Crippen LogP contribution in [0.2, 0.25) is 0 Å². The van der Waals surface area contributed by atoms with E-state index in [2.05, 4.69) is 0 Å². The fraction of sp³-hybridized carbons (Fsp3) is 0.786. The Hall–Kier alpha value is -1.48. The first-order chi connectivity index (χ1) is 16.8. The number of hydrogen-bond acceptors (Lipinski definition) is 6. The van der Waals surface area contributed by atoms with Crippen LogP contribution in [0.3, 0.4) is 0 Å². The zero-order valence-electron chi connectivity index (χ0n) is 21.8. The summed E-state index contributed by atoms with van der Waals surface area (Å²) in [4.78, 5) is 25.9. The molecule has 0 aromatic rings. The molecule has 0 aromatic carbocycles. The van der Waals surface area contributed by atoms with Crippen molar-refractivity contribution in [2.24, 2.45) is 22.7 Å². The lowest BCUT2D eigenvalue weighted by Gasteiger charge is -2.63. The van der Waals surface area contributed by atoms with Crippen molar-refractivity contribution >= 4 is 11.6 Å². The van der Waals surface area contributed by atoms with Crippen LogP contribution in [0.4, 0.5) is 8.78 Å². The first-order valence-corrected chi connectivity index (χ1v) is 13.3. The SMILES string of the molecule is CCCC1O[C@@H]2C[C@H]3[C@@H]4C[C@H](F)C5=CC(=O)C=C[C@]5(C)[C@@]4(F)[C@@H](O)C[C@]3(C)[C@]2(C(=O)COC(C)C)O1. The number of hydrogen-bond donors (Lipinski definition) is 1. The molecule has 0 spiro atoms. The number of aliphatic hydroxyl groups excluding tert-OH is 1. The van der Waals surface area contributed by atoms with E-state index in [1.807, 2.05) is 27.7 Å². The van der Waals surface area contributed by atoms with Gasteiger partial charge in [0, 0.05) is 16.7 Å². The number of alkyl halides is 2. The van der Waals surface area contributed by atoms with Crippen molar-refractivity contribution in [3.8, 4) is 0 Å². The summed E-state index contributed by atoms with van der Waals surface area (Å²) >= 11 is 0. The quantitative estimate of drug-likeness (QED) is 0.580. The highest BCUT2D eigenvalue weighted by molar-refractivity contribution is 6.01. The molecule has 200 valence electrons. The van der Waals surface area contributed by atoms with E-state index < -0.39 is 58.6 Å². The summed E-state index contributed by atoms with van der Waals surface area (Å²) in [7, 11) is 0. The Kier molecular flexibility index (Phi) is 6.18. The van der Waals surface area contributed by atoms with E-state index in [9.17, 15) is 14.7 Å². The van der Waals surface area contributed by atoms with Crippen LogP contribution in [0.25, 0.3) is 0 Å². The summed E-state index contributed by atoms with van der Waals surface area (Å²) in [6, 6.07) is 0. The monoisotopic (exact) mass is 508 g/mol. The van der Waals surface area contributed by atoms with Crippen LogP contribution >= 0.6 is 0 Å². The number of aliphatic hydroxyl groups is 1. The number of fused-ring (bicyclic) bond motifs is 7. The van der Waals surface area contributed by atoms with Crippen molar-refractivity contribution in [3.05, 3.63) is 23.8 Å². The summed E-state index contributed by atoms with van der Waals surface area (Å²) in [5.74, 6) is -2.01. The number of carbonyl (C=O) groups excluding carboxylic acids is 2. The van der Waals surface area contributed by atoms with Gasteiger partial charge >= 0.3 is 0 Å². The molecular weight excluding hydrogens is 470 g/mol. The zero-order valence-corrected chi connectivity index (χ0v) is 21.8. The van der Waals surface area contributed by atoms with Crippen molar-refractivity contribution in [2.45, 2.75) is 109 Å². The minimum atomic E-state index is -2.21. The van der Waals surface area contributed by atoms with Gasteiger partial charge in [0.25, 0.3) is 0 Å². The van der Waals surface area contributed by atoms with Crippen molar-refractivity contribution in [2.75, 3.05) is 6.61 Å². The number of carbonyl (C=O) groups is 2. The number of ketones is 2. The van der Waals surface area contributed by atoms with Crippen LogP contribution in [0.5, 0.6) is 0 Å². The van der Waals surface area contributed by atoms with E-state index in [-0.39, 0.29) is 42.7 Å². The zero-order chi connectivity index (χ0) is 26.3. The van der Waals surface area contributed by atoms with Crippen LogP contribution in [0, 0.1) is 22.7 Å². The standard InChI is InChI=1S/C28H38F2O6/c1-6-7-24-35-23-12-17-18-11-20(29)19-10-16(31)8-9-25(19,4)27(18,30)21(32)13-26(17,5)28(23,36-24)22(33)14-34-15(2)3/h8-10,15,17-18,20-21,23-24,32H,6-7,11-14H2,1-5H3/t17-,18-,20-,21-,23+,24?,25-,26-,27-,28+/m0/s1. The molecule has 0 amide bonds. The van der Waals surface area contributed by atoms with Crippen molar-refractivity contribution < 1.29 is 37.7 Å². The van der Waals surface area contributed by atoms with Gasteiger partial charge in [-0.3, -0.25) is 9.59 Å². The molecule has 36 heavy (non-hydrogen) atoms. The Morgan fingerprint density at radius 1 is 1.28 bits per heavy atom. The first kappa shape index (κ1) is 26.1. The Morgan fingerprint density at radius 3 is 2.67 bits per heavy atom. The molecule has 1 saturated heterocycles. The molecule has 1 unspecified atom stereocenters. The molecule has 5 rings (SSSR count). The maximum Gasteiger partial charge on any atom is 0.193 e. The molecule has 4 aliphatic carbocycles. The molecular formula is C28H38F2O6. The van der Waals surface area contributed by atoms with Gasteiger partial charge in [-0.05, 0) is 70.1 Å². The molecule has 1 heterocycles. The average molecular weight is 509 g/mol. The molecule has 4 fully saturated rings. The Balaban J connectivity index is 1.59. The lowest BCUT2D eigenvalue weighted by molar-refractivity contribution is -0.235. The van der Waals surface area contributed by atoms with Gasteiger partial charge in [0.2, 0.25) is 0 Å². The van der Waals surface area contributed by atoms with Crippen LogP contribution in [0.15, 0.2) is 23.8 Å². The van der Waals surface area contributed by atoms with Gasteiger partial charge in [0.05, 0.1) is 18.3 Å². The third-order valence-electron chi connectivity index (χ3n) is 9.91. The minimum Gasteiger partial charge on any atom is -0.390 e. The van der Waals surface area contributed by atoms with Crippen molar-refractivity contribution in [1.29, 1.82) is 0 Å². The Bertz CT molecular complexity index is 1010. The second kappa shape index (κ2) is 8.52. The number of halogens is 2. The predicted molar refractivity (Wildman–Crippen MR) is 127 cm³/mol. The van der Waals surface area contributed by atoms with Gasteiger partial charge in [0.15, 0.2) is 29.1 Å². The third kappa shape index (κ3) is 3.20. The maximum atomic E-state index is 17.4. The highest BCUT2D eigenvalue weighted by atomic mass is 19.1. The van der Waals surface area contributed by atoms with Gasteiger partial charge in [-0.2, -0.15) is 0 Å². The first-order valence-electron chi connectivity index (χ1n) is 13.3. The second-order valence-corrected chi connectivity index (χ2v) is 12.1. The fourth-order valence-corrected chi connectivity index (χ4v) is 8.24. The normalized spacial score (nSPS) is 49.4. The predicted octanol–water partition coefficient (Wildman–Crippen LogP) is 4.19. The number of rotatable bonds is 6. The van der Waals surface area contributed by atoms with Crippen LogP contribution < -0.4 is 0 Å². The molecule has 1 aliphatic heterocycles. The van der Waals surface area contributed by atoms with Crippen LogP contribution in [-0.2, 0) is 23.8 Å². The highest BCUT2D eigenvalue weighted by Crippen LogP contribution is 2.72. The van der Waals surface area contributed by atoms with Crippen molar-refractivity contribution in [1.82, 2.24) is 0 Å². The lowest BCUT2D eigenvalue weighted by atomic mass is 9.44. The van der Waals surface area contributed by atoms with Gasteiger partial charge < -0.3 is 19.3 Å². The smallest absolute Gasteiger partial charge is 0.193 e. The molecule has 1 N–H and O–H groups in total. The summed E-state index contributed by atoms with van der Waals surface area (Å²) in [5.41, 5.74) is -5.98. The van der Waals surface area contributed by atoms with E-state index in [0.717, 1.165) is 6.42 Å². The van der Waals surface area contributed by atoms with Gasteiger partial charge in [0.1, 0.15) is 12.8 Å². The molecule has 5 aliphatic rings. The maximum absolute atomic E-state index is 17.4. The number of Topliss-reactive ketones (excluding diaryl/α,β-unsaturated/α-hetero) is 1. The van der Waals surface area contributed by atoms with Crippen LogP contribution in [0.1, 0.15) is 66.7 Å². The molecule has 0 aromatic heterocycles. The second-order valence-electron chi connectivity index (χ2n) is 12.1. The van der Waals surface area contributed by atoms with Crippen molar-refractivity contribution in [3.63, 3.8) is 0 Å². The molecule has 8 heteroatoms. The Labute approximate surface area is 211 Å². The van der Waals surface area contributed by atoms with E-state index in [1.165, 1.54) is 18.2 Å². The number of allylic oxidation sites excluding steroid dienone is 4. The Morgan fingerprint density at radius 2 is 2.00 bits per heavy atom. The summed E-state index contributed by atoms with van der Waals surface area (Å²) in [6.45, 7) is 8.94. The summed E-state index contributed by atoms with van der Waals surface area (Å²) in [6.07, 6.45) is 0.985. The topological polar surface area (TPSA) is 82.1 Å². The summed E-state index contributed by atoms with van der Waals surface area (Å²) in [5, 5.41) is 11.6. The third-order valence-corrected chi connectivity index (χ3v) is 9.91. The largest absolute Gasteiger partial charge is 0.390 e. The molecule has 3 saturated carbocycles. The average Bonchev–Trinajstić information content (AvgIpc) is 3.28. The van der Waals surface area contributed by atoms with Gasteiger partial charge in [-0.1, -0.05) is 26.3 Å². The summed E-state index contributed by atoms with van der Waals surface area (Å²) < 4.78 is 51.4. The highest BCUT2D eigenvalue weighted by Gasteiger charge is 2.79.